The second-order valence-electron chi connectivity index (χ2n) is 5.87. The molecule has 0 bridgehead atoms. The van der Waals surface area contributed by atoms with Crippen LogP contribution < -0.4 is 5.32 Å². The number of amides is 2. The van der Waals surface area contributed by atoms with Gasteiger partial charge in [0.15, 0.2) is 0 Å². The van der Waals surface area contributed by atoms with E-state index in [9.17, 15) is 9.59 Å². The van der Waals surface area contributed by atoms with E-state index in [1.165, 1.54) is 16.0 Å². The van der Waals surface area contributed by atoms with Crippen molar-refractivity contribution in [3.63, 3.8) is 0 Å². The van der Waals surface area contributed by atoms with Crippen molar-refractivity contribution in [3.05, 3.63) is 34.9 Å². The van der Waals surface area contributed by atoms with Gasteiger partial charge in [0, 0.05) is 19.4 Å². The Bertz CT molecular complexity index is 501. The van der Waals surface area contributed by atoms with E-state index in [0.717, 1.165) is 18.4 Å². The summed E-state index contributed by atoms with van der Waals surface area (Å²) < 4.78 is 0. The number of aryl methyl sites for hydroxylation is 2. The third-order valence-electron chi connectivity index (χ3n) is 3.99. The Morgan fingerprint density at radius 1 is 1.05 bits per heavy atom. The molecule has 1 unspecified atom stereocenters. The molecule has 1 fully saturated rings. The summed E-state index contributed by atoms with van der Waals surface area (Å²) in [6.07, 6.45) is 2.59. The number of carbonyl (C=O) groups is 2. The van der Waals surface area contributed by atoms with Crippen molar-refractivity contribution in [1.29, 1.82) is 0 Å². The van der Waals surface area contributed by atoms with E-state index in [1.54, 1.807) is 0 Å². The molecule has 1 aliphatic heterocycles. The number of likely N-dealkylation sites (tertiary alicyclic amines) is 1. The first kappa shape index (κ1) is 15.7. The quantitative estimate of drug-likeness (QED) is 0.866. The first-order chi connectivity index (χ1) is 10.0. The van der Waals surface area contributed by atoms with Crippen LogP contribution >= 0.6 is 0 Å². The normalized spacial score (nSPS) is 17.8. The molecule has 1 saturated heterocycles. The Hall–Kier alpha value is -1.68. The van der Waals surface area contributed by atoms with Crippen LogP contribution in [-0.4, -0.2) is 30.3 Å². The van der Waals surface area contributed by atoms with Gasteiger partial charge in [0.05, 0.1) is 6.04 Å². The van der Waals surface area contributed by atoms with Gasteiger partial charge < -0.3 is 5.32 Å². The SMILES string of the molecule is CNC(CN1C(=O)CCCCC1=O)c1cc(C)cc(C)c1. The van der Waals surface area contributed by atoms with E-state index in [4.69, 9.17) is 0 Å². The van der Waals surface area contributed by atoms with Gasteiger partial charge in [-0.05, 0) is 39.3 Å². The number of nitrogens with one attached hydrogen (secondary N) is 1. The van der Waals surface area contributed by atoms with Gasteiger partial charge in [-0.2, -0.15) is 0 Å². The molecular formula is C17H24N2O2. The molecule has 1 aromatic carbocycles. The number of rotatable bonds is 4. The van der Waals surface area contributed by atoms with Crippen LogP contribution in [0.2, 0.25) is 0 Å². The van der Waals surface area contributed by atoms with E-state index in [2.05, 4.69) is 37.4 Å². The van der Waals surface area contributed by atoms with Crippen LogP contribution in [-0.2, 0) is 9.59 Å². The van der Waals surface area contributed by atoms with Gasteiger partial charge in [0.25, 0.3) is 0 Å². The topological polar surface area (TPSA) is 49.4 Å². The smallest absolute Gasteiger partial charge is 0.229 e. The molecule has 1 atom stereocenters. The number of carbonyl (C=O) groups excluding carboxylic acids is 2. The molecule has 4 nitrogen and oxygen atoms in total. The highest BCUT2D eigenvalue weighted by atomic mass is 16.2. The van der Waals surface area contributed by atoms with E-state index in [-0.39, 0.29) is 17.9 Å². The molecule has 0 aliphatic carbocycles. The van der Waals surface area contributed by atoms with Crippen molar-refractivity contribution >= 4 is 11.8 Å². The number of likely N-dealkylation sites (N-methyl/N-ethyl adjacent to an activating group) is 1. The van der Waals surface area contributed by atoms with Crippen molar-refractivity contribution < 1.29 is 9.59 Å². The van der Waals surface area contributed by atoms with E-state index in [1.807, 2.05) is 7.05 Å². The number of hydrogen-bond donors (Lipinski definition) is 1. The number of benzene rings is 1. The first-order valence-corrected chi connectivity index (χ1v) is 7.60. The molecule has 1 aromatic rings. The fraction of sp³-hybridized carbons (Fsp3) is 0.529. The van der Waals surface area contributed by atoms with Crippen LogP contribution in [0, 0.1) is 13.8 Å². The highest BCUT2D eigenvalue weighted by Crippen LogP contribution is 2.21. The fourth-order valence-electron chi connectivity index (χ4n) is 2.92. The molecule has 0 spiro atoms. The molecule has 1 heterocycles. The van der Waals surface area contributed by atoms with E-state index >= 15 is 0 Å². The molecule has 0 radical (unpaired) electrons. The number of imide groups is 1. The summed E-state index contributed by atoms with van der Waals surface area (Å²) in [4.78, 5) is 25.7. The summed E-state index contributed by atoms with van der Waals surface area (Å²) in [5.74, 6) is -0.0794. The minimum atomic E-state index is -0.0397. The monoisotopic (exact) mass is 288 g/mol. The van der Waals surface area contributed by atoms with Gasteiger partial charge in [-0.25, -0.2) is 0 Å². The third-order valence-corrected chi connectivity index (χ3v) is 3.99. The van der Waals surface area contributed by atoms with Crippen molar-refractivity contribution in [2.75, 3.05) is 13.6 Å². The van der Waals surface area contributed by atoms with Crippen molar-refractivity contribution in [2.24, 2.45) is 0 Å². The van der Waals surface area contributed by atoms with Gasteiger partial charge in [0.1, 0.15) is 0 Å². The molecule has 1 aliphatic rings. The lowest BCUT2D eigenvalue weighted by Crippen LogP contribution is -2.41. The summed E-state index contributed by atoms with van der Waals surface area (Å²) in [6, 6.07) is 6.33. The zero-order valence-corrected chi connectivity index (χ0v) is 13.1. The van der Waals surface area contributed by atoms with Crippen LogP contribution in [0.4, 0.5) is 0 Å². The Kier molecular flexibility index (Phi) is 5.12. The van der Waals surface area contributed by atoms with Crippen LogP contribution in [0.1, 0.15) is 48.4 Å². The van der Waals surface area contributed by atoms with Crippen molar-refractivity contribution in [3.8, 4) is 0 Å². The van der Waals surface area contributed by atoms with Crippen LogP contribution in [0.25, 0.3) is 0 Å². The highest BCUT2D eigenvalue weighted by molar-refractivity contribution is 5.96. The van der Waals surface area contributed by atoms with Crippen molar-refractivity contribution in [2.45, 2.75) is 45.6 Å². The minimum Gasteiger partial charge on any atom is -0.312 e. The van der Waals surface area contributed by atoms with E-state index in [0.29, 0.717) is 19.4 Å². The Morgan fingerprint density at radius 3 is 2.05 bits per heavy atom. The van der Waals surface area contributed by atoms with Crippen LogP contribution in [0.3, 0.4) is 0 Å². The van der Waals surface area contributed by atoms with Crippen LogP contribution in [0.15, 0.2) is 18.2 Å². The zero-order chi connectivity index (χ0) is 15.4. The van der Waals surface area contributed by atoms with Gasteiger partial charge in [-0.15, -0.1) is 0 Å². The molecule has 4 heteroatoms. The second kappa shape index (κ2) is 6.85. The second-order valence-corrected chi connectivity index (χ2v) is 5.87. The molecule has 0 saturated carbocycles. The predicted molar refractivity (Wildman–Crippen MR) is 82.9 cm³/mol. The lowest BCUT2D eigenvalue weighted by atomic mass is 10.0. The molecule has 21 heavy (non-hydrogen) atoms. The molecular weight excluding hydrogens is 264 g/mol. The minimum absolute atomic E-state index is 0.0189. The molecule has 0 aromatic heterocycles. The fourth-order valence-corrected chi connectivity index (χ4v) is 2.92. The van der Waals surface area contributed by atoms with Crippen molar-refractivity contribution in [1.82, 2.24) is 10.2 Å². The summed E-state index contributed by atoms with van der Waals surface area (Å²) in [6.45, 7) is 4.54. The van der Waals surface area contributed by atoms with Gasteiger partial charge in [0.2, 0.25) is 11.8 Å². The maximum atomic E-state index is 12.1. The number of hydrogen-bond acceptors (Lipinski definition) is 3. The maximum absolute atomic E-state index is 12.1. The summed E-state index contributed by atoms with van der Waals surface area (Å²) in [5.41, 5.74) is 3.51. The molecule has 1 N–H and O–H groups in total. The average Bonchev–Trinajstić information content (AvgIpc) is 2.57. The summed E-state index contributed by atoms with van der Waals surface area (Å²) in [7, 11) is 1.87. The standard InChI is InChI=1S/C17H24N2O2/c1-12-8-13(2)10-14(9-12)15(18-3)11-19-16(20)6-4-5-7-17(19)21/h8-10,15,18H,4-7,11H2,1-3H3. The van der Waals surface area contributed by atoms with Gasteiger partial charge >= 0.3 is 0 Å². The predicted octanol–water partition coefficient (Wildman–Crippen LogP) is 2.49. The first-order valence-electron chi connectivity index (χ1n) is 7.60. The third kappa shape index (κ3) is 3.91. The van der Waals surface area contributed by atoms with E-state index < -0.39 is 0 Å². The molecule has 2 amide bonds. The lowest BCUT2D eigenvalue weighted by molar-refractivity contribution is -0.144. The van der Waals surface area contributed by atoms with Gasteiger partial charge in [-0.3, -0.25) is 14.5 Å². The highest BCUT2D eigenvalue weighted by Gasteiger charge is 2.26. The zero-order valence-electron chi connectivity index (χ0n) is 13.1. The lowest BCUT2D eigenvalue weighted by Gasteiger charge is -2.25. The van der Waals surface area contributed by atoms with Gasteiger partial charge in [-0.1, -0.05) is 29.3 Å². The summed E-state index contributed by atoms with van der Waals surface area (Å²) >= 11 is 0. The molecule has 2 rings (SSSR count). The Morgan fingerprint density at radius 2 is 1.57 bits per heavy atom. The average molecular weight is 288 g/mol. The maximum Gasteiger partial charge on any atom is 0.229 e. The Labute approximate surface area is 126 Å². The largest absolute Gasteiger partial charge is 0.312 e. The van der Waals surface area contributed by atoms with Crippen LogP contribution in [0.5, 0.6) is 0 Å². The Balaban J connectivity index is 2.21. The molecule has 114 valence electrons. The summed E-state index contributed by atoms with van der Waals surface area (Å²) in [5, 5.41) is 3.24. The number of nitrogens with zero attached hydrogens (tertiary/aromatic N) is 1.